The number of nitrogens with one attached hydrogen (secondary N) is 2. The molecule has 0 fully saturated rings. The van der Waals surface area contributed by atoms with E-state index in [0.29, 0.717) is 6.42 Å². The summed E-state index contributed by atoms with van der Waals surface area (Å²) < 4.78 is 13.6. The van der Waals surface area contributed by atoms with Gasteiger partial charge in [-0.1, -0.05) is 26.0 Å². The number of Topliss-reactive ketones (excluding diaryl/α,β-unsaturated/α-hetero) is 1. The molecule has 1 aliphatic carbocycles. The second-order valence-corrected chi connectivity index (χ2v) is 8.27. The van der Waals surface area contributed by atoms with E-state index < -0.39 is 0 Å². The Morgan fingerprint density at radius 3 is 2.67 bits per heavy atom. The Morgan fingerprint density at radius 2 is 1.89 bits per heavy atom. The number of hydrogen-bond acceptors (Lipinski definition) is 3. The molecule has 1 aliphatic heterocycles. The molecule has 0 saturated heterocycles. The Bertz CT molecular complexity index is 1110. The first kappa shape index (κ1) is 16.2. The van der Waals surface area contributed by atoms with E-state index in [0.717, 1.165) is 45.5 Å². The lowest BCUT2D eigenvalue weighted by Gasteiger charge is -2.39. The minimum absolute atomic E-state index is 0.0792. The number of ketones is 1. The highest BCUT2D eigenvalue weighted by atomic mass is 19.1. The van der Waals surface area contributed by atoms with Crippen LogP contribution in [0.1, 0.15) is 43.7 Å². The first-order valence-corrected chi connectivity index (χ1v) is 9.18. The maximum absolute atomic E-state index is 13.6. The monoisotopic (exact) mass is 361 g/mol. The van der Waals surface area contributed by atoms with Crippen LogP contribution in [0, 0.1) is 11.2 Å². The van der Waals surface area contributed by atoms with Crippen molar-refractivity contribution in [2.45, 2.75) is 32.6 Å². The molecule has 136 valence electrons. The van der Waals surface area contributed by atoms with Crippen LogP contribution in [0.2, 0.25) is 0 Å². The van der Waals surface area contributed by atoms with Crippen molar-refractivity contribution in [2.75, 3.05) is 5.32 Å². The Hall–Kier alpha value is -2.95. The fourth-order valence-corrected chi connectivity index (χ4v) is 4.51. The molecule has 5 heteroatoms. The highest BCUT2D eigenvalue weighted by Gasteiger charge is 2.41. The summed E-state index contributed by atoms with van der Waals surface area (Å²) in [6, 6.07) is 10.5. The van der Waals surface area contributed by atoms with Crippen molar-refractivity contribution in [3.63, 3.8) is 0 Å². The van der Waals surface area contributed by atoms with Crippen molar-refractivity contribution in [3.8, 4) is 0 Å². The standard InChI is InChI=1S/C22H20FN3O/c1-22(2)9-16-19(17(27)10-22)18(12-3-5-13(23)6-4-12)20-14(26-16)7-8-15-21(20)25-11-24-15/h3-8,11,18,26H,9-10H2,1-2H3,(H,24,25). The van der Waals surface area contributed by atoms with E-state index in [1.165, 1.54) is 12.1 Å². The summed E-state index contributed by atoms with van der Waals surface area (Å²) in [5, 5.41) is 3.51. The quantitative estimate of drug-likeness (QED) is 0.648. The zero-order valence-electron chi connectivity index (χ0n) is 15.3. The van der Waals surface area contributed by atoms with Crippen LogP contribution in [-0.2, 0) is 4.79 Å². The Balaban J connectivity index is 1.80. The lowest BCUT2D eigenvalue weighted by atomic mass is 9.68. The van der Waals surface area contributed by atoms with Crippen LogP contribution in [0.15, 0.2) is 54.0 Å². The van der Waals surface area contributed by atoms with Gasteiger partial charge in [-0.2, -0.15) is 0 Å². The van der Waals surface area contributed by atoms with E-state index >= 15 is 0 Å². The molecule has 5 rings (SSSR count). The topological polar surface area (TPSA) is 57.8 Å². The summed E-state index contributed by atoms with van der Waals surface area (Å²) >= 11 is 0. The highest BCUT2D eigenvalue weighted by molar-refractivity contribution is 6.03. The van der Waals surface area contributed by atoms with Gasteiger partial charge in [-0.15, -0.1) is 0 Å². The van der Waals surface area contributed by atoms with Crippen molar-refractivity contribution in [1.82, 2.24) is 9.97 Å². The number of anilines is 1. The van der Waals surface area contributed by atoms with Gasteiger partial charge in [-0.3, -0.25) is 4.79 Å². The Morgan fingerprint density at radius 1 is 1.11 bits per heavy atom. The molecule has 2 N–H and O–H groups in total. The van der Waals surface area contributed by atoms with Gasteiger partial charge in [0.2, 0.25) is 0 Å². The lowest BCUT2D eigenvalue weighted by Crippen LogP contribution is -2.33. The highest BCUT2D eigenvalue weighted by Crippen LogP contribution is 2.50. The zero-order chi connectivity index (χ0) is 18.8. The number of nitrogens with zero attached hydrogens (tertiary/aromatic N) is 1. The summed E-state index contributed by atoms with van der Waals surface area (Å²) in [5.41, 5.74) is 6.32. The van der Waals surface area contributed by atoms with Gasteiger partial charge < -0.3 is 10.3 Å². The molecule has 0 saturated carbocycles. The third-order valence-electron chi connectivity index (χ3n) is 5.62. The number of allylic oxidation sites excluding steroid dienone is 2. The van der Waals surface area contributed by atoms with Gasteiger partial charge in [0, 0.05) is 34.9 Å². The molecule has 1 atom stereocenters. The van der Waals surface area contributed by atoms with Crippen LogP contribution in [0.3, 0.4) is 0 Å². The van der Waals surface area contributed by atoms with Crippen molar-refractivity contribution >= 4 is 22.5 Å². The van der Waals surface area contributed by atoms with E-state index in [1.54, 1.807) is 18.5 Å². The normalized spacial score (nSPS) is 21.0. The summed E-state index contributed by atoms with van der Waals surface area (Å²) in [6.07, 6.45) is 2.99. The number of halogens is 1. The van der Waals surface area contributed by atoms with Gasteiger partial charge in [0.25, 0.3) is 0 Å². The van der Waals surface area contributed by atoms with Crippen molar-refractivity contribution in [2.24, 2.45) is 5.41 Å². The molecule has 0 bridgehead atoms. The molecule has 2 heterocycles. The predicted molar refractivity (Wildman–Crippen MR) is 103 cm³/mol. The van der Waals surface area contributed by atoms with Crippen molar-refractivity contribution in [1.29, 1.82) is 0 Å². The number of aromatic amines is 1. The zero-order valence-corrected chi connectivity index (χ0v) is 15.3. The van der Waals surface area contributed by atoms with Crippen LogP contribution < -0.4 is 5.32 Å². The number of fused-ring (bicyclic) bond motifs is 3. The van der Waals surface area contributed by atoms with E-state index in [1.807, 2.05) is 12.1 Å². The fraction of sp³-hybridized carbons (Fsp3) is 0.273. The number of benzene rings is 2. The smallest absolute Gasteiger partial charge is 0.162 e. The van der Waals surface area contributed by atoms with Crippen LogP contribution in [-0.4, -0.2) is 15.8 Å². The van der Waals surface area contributed by atoms with Gasteiger partial charge >= 0.3 is 0 Å². The fourth-order valence-electron chi connectivity index (χ4n) is 4.51. The van der Waals surface area contributed by atoms with Gasteiger partial charge in [0.05, 0.1) is 17.4 Å². The van der Waals surface area contributed by atoms with Crippen LogP contribution in [0.4, 0.5) is 10.1 Å². The van der Waals surface area contributed by atoms with Gasteiger partial charge in [0.1, 0.15) is 5.82 Å². The van der Waals surface area contributed by atoms with Crippen LogP contribution in [0.5, 0.6) is 0 Å². The first-order valence-electron chi connectivity index (χ1n) is 9.18. The molecule has 0 spiro atoms. The molecule has 0 amide bonds. The second kappa shape index (κ2) is 5.52. The number of aromatic nitrogens is 2. The van der Waals surface area contributed by atoms with Gasteiger partial charge in [-0.05, 0) is 41.7 Å². The minimum Gasteiger partial charge on any atom is -0.358 e. The molecule has 1 aromatic heterocycles. The average Bonchev–Trinajstić information content (AvgIpc) is 3.08. The summed E-state index contributed by atoms with van der Waals surface area (Å²) in [7, 11) is 0. The molecule has 0 radical (unpaired) electrons. The number of carbonyl (C=O) groups excluding carboxylic acids is 1. The molecule has 2 aromatic carbocycles. The second-order valence-electron chi connectivity index (χ2n) is 8.27. The molecule has 4 nitrogen and oxygen atoms in total. The third-order valence-corrected chi connectivity index (χ3v) is 5.62. The van der Waals surface area contributed by atoms with Gasteiger partial charge in [-0.25, -0.2) is 9.37 Å². The summed E-state index contributed by atoms with van der Waals surface area (Å²) in [6.45, 7) is 4.24. The van der Waals surface area contributed by atoms with Crippen LogP contribution >= 0.6 is 0 Å². The lowest BCUT2D eigenvalue weighted by molar-refractivity contribution is -0.118. The Kier molecular flexibility index (Phi) is 3.32. The third kappa shape index (κ3) is 2.49. The van der Waals surface area contributed by atoms with Crippen molar-refractivity contribution in [3.05, 3.63) is 70.9 Å². The number of hydrogen-bond donors (Lipinski definition) is 2. The van der Waals surface area contributed by atoms with Gasteiger partial charge in [0.15, 0.2) is 5.78 Å². The maximum Gasteiger partial charge on any atom is 0.162 e. The molecular formula is C22H20FN3O. The Labute approximate surface area is 156 Å². The molecule has 3 aromatic rings. The summed E-state index contributed by atoms with van der Waals surface area (Å²) in [4.78, 5) is 20.8. The number of rotatable bonds is 1. The molecule has 27 heavy (non-hydrogen) atoms. The molecular weight excluding hydrogens is 341 g/mol. The SMILES string of the molecule is CC1(C)CC(=O)C2=C(C1)Nc1ccc3[nH]cnc3c1C2c1ccc(F)cc1. The number of H-pyrrole nitrogens is 1. The van der Waals surface area contributed by atoms with E-state index in [2.05, 4.69) is 29.1 Å². The van der Waals surface area contributed by atoms with Crippen LogP contribution in [0.25, 0.3) is 11.0 Å². The van der Waals surface area contributed by atoms with Crippen molar-refractivity contribution < 1.29 is 9.18 Å². The van der Waals surface area contributed by atoms with E-state index in [9.17, 15) is 9.18 Å². The largest absolute Gasteiger partial charge is 0.358 e. The maximum atomic E-state index is 13.6. The number of imidazole rings is 1. The summed E-state index contributed by atoms with van der Waals surface area (Å²) in [5.74, 6) is -0.370. The van der Waals surface area contributed by atoms with E-state index in [-0.39, 0.29) is 22.9 Å². The number of carbonyl (C=O) groups is 1. The molecule has 1 unspecified atom stereocenters. The minimum atomic E-state index is -0.281. The average molecular weight is 361 g/mol. The first-order chi connectivity index (χ1) is 12.9. The van der Waals surface area contributed by atoms with E-state index in [4.69, 9.17) is 0 Å². The molecule has 2 aliphatic rings. The predicted octanol–water partition coefficient (Wildman–Crippen LogP) is 4.90.